The van der Waals surface area contributed by atoms with Crippen molar-refractivity contribution in [2.45, 2.75) is 19.3 Å². The lowest BCUT2D eigenvalue weighted by molar-refractivity contribution is -0.730. The average molecular weight is 209 g/mol. The van der Waals surface area contributed by atoms with Gasteiger partial charge in [0.1, 0.15) is 0 Å². The van der Waals surface area contributed by atoms with Crippen LogP contribution in [-0.2, 0) is 9.63 Å². The first-order chi connectivity index (χ1) is 7.15. The van der Waals surface area contributed by atoms with E-state index in [9.17, 15) is 14.9 Å². The number of nitrogens with zero attached hydrogens (tertiary/aromatic N) is 1. The summed E-state index contributed by atoms with van der Waals surface area (Å²) in [5, 5.41) is 8.95. The first-order valence-corrected chi connectivity index (χ1v) is 4.56. The summed E-state index contributed by atoms with van der Waals surface area (Å²) in [6.45, 7) is 1.78. The summed E-state index contributed by atoms with van der Waals surface area (Å²) in [5.41, 5.74) is 0.729. The molecule has 0 aliphatic carbocycles. The molecule has 1 unspecified atom stereocenters. The minimum Gasteiger partial charge on any atom is -0.268 e. The quantitative estimate of drug-likeness (QED) is 0.561. The molecule has 0 radical (unpaired) electrons. The molecule has 1 atom stereocenters. The second-order valence-electron chi connectivity index (χ2n) is 3.01. The number of rotatable bonds is 4. The molecule has 15 heavy (non-hydrogen) atoms. The van der Waals surface area contributed by atoms with Crippen molar-refractivity contribution in [2.24, 2.45) is 0 Å². The Hall–Kier alpha value is -1.91. The van der Waals surface area contributed by atoms with Crippen molar-refractivity contribution >= 4 is 5.97 Å². The molecule has 5 nitrogen and oxygen atoms in total. The zero-order chi connectivity index (χ0) is 11.3. The topological polar surface area (TPSA) is 69.4 Å². The Morgan fingerprint density at radius 3 is 2.53 bits per heavy atom. The summed E-state index contributed by atoms with van der Waals surface area (Å²) in [4.78, 5) is 25.3. The minimum absolute atomic E-state index is 0.469. The summed E-state index contributed by atoms with van der Waals surface area (Å²) in [6, 6.07) is 8.86. The van der Waals surface area contributed by atoms with Gasteiger partial charge >= 0.3 is 11.1 Å². The van der Waals surface area contributed by atoms with Crippen molar-refractivity contribution < 1.29 is 14.7 Å². The first kappa shape index (κ1) is 11.2. The van der Waals surface area contributed by atoms with Crippen LogP contribution in [-0.4, -0.2) is 11.1 Å². The molecule has 80 valence electrons. The Bertz CT molecular complexity index is 350. The molecule has 5 heteroatoms. The summed E-state index contributed by atoms with van der Waals surface area (Å²) >= 11 is 0. The second kappa shape index (κ2) is 5.09. The molecule has 0 fully saturated rings. The molecule has 0 aromatic heterocycles. The van der Waals surface area contributed by atoms with Crippen LogP contribution in [0.5, 0.6) is 0 Å². The van der Waals surface area contributed by atoms with E-state index in [2.05, 4.69) is 4.84 Å². The fraction of sp³-hybridized carbons (Fsp3) is 0.300. The van der Waals surface area contributed by atoms with Crippen molar-refractivity contribution in [1.82, 2.24) is 0 Å². The van der Waals surface area contributed by atoms with Crippen LogP contribution in [0.4, 0.5) is 0 Å². The number of hydrogen-bond donors (Lipinski definition) is 0. The molecule has 0 aliphatic rings. The summed E-state index contributed by atoms with van der Waals surface area (Å²) < 4.78 is 0. The van der Waals surface area contributed by atoms with Crippen molar-refractivity contribution in [1.29, 1.82) is 0 Å². The number of carbonyl (C=O) groups is 1. The molecule has 0 amide bonds. The number of hydrogen-bond acceptors (Lipinski definition) is 4. The van der Waals surface area contributed by atoms with Crippen LogP contribution in [0.2, 0.25) is 0 Å². The highest BCUT2D eigenvalue weighted by atomic mass is 17.0. The van der Waals surface area contributed by atoms with Gasteiger partial charge in [0.15, 0.2) is 0 Å². The highest BCUT2D eigenvalue weighted by Crippen LogP contribution is 2.20. The average Bonchev–Trinajstić information content (AvgIpc) is 2.19. The van der Waals surface area contributed by atoms with Crippen molar-refractivity contribution in [3.05, 3.63) is 46.0 Å². The van der Waals surface area contributed by atoms with Gasteiger partial charge in [0.2, 0.25) is 0 Å². The fourth-order valence-corrected chi connectivity index (χ4v) is 1.36. The molecular weight excluding hydrogens is 198 g/mol. The normalized spacial score (nSPS) is 11.8. The Kier molecular flexibility index (Phi) is 3.79. The maximum atomic E-state index is 11.3. The molecule has 0 aliphatic heterocycles. The SMILES string of the molecule is CCC(C(=O)O[N+](=O)[O-])c1ccccc1. The molecule has 0 bridgehead atoms. The standard InChI is InChI=1S/C10H11NO4/c1-2-9(10(12)15-11(13)14)8-6-4-3-5-7-8/h3-7,9H,2H2,1H3. The predicted molar refractivity (Wildman–Crippen MR) is 52.6 cm³/mol. The van der Waals surface area contributed by atoms with Crippen molar-refractivity contribution in [2.75, 3.05) is 0 Å². The smallest absolute Gasteiger partial charge is 0.268 e. The van der Waals surface area contributed by atoms with Gasteiger partial charge in [-0.2, -0.15) is 0 Å². The zero-order valence-electron chi connectivity index (χ0n) is 8.25. The fourth-order valence-electron chi connectivity index (χ4n) is 1.36. The van der Waals surface area contributed by atoms with Gasteiger partial charge in [-0.15, -0.1) is 10.1 Å². The van der Waals surface area contributed by atoms with Gasteiger partial charge in [-0.25, -0.2) is 4.84 Å². The molecule has 0 spiro atoms. The third kappa shape index (κ3) is 3.05. The van der Waals surface area contributed by atoms with E-state index in [4.69, 9.17) is 0 Å². The van der Waals surface area contributed by atoms with E-state index in [0.717, 1.165) is 5.56 Å². The maximum Gasteiger partial charge on any atom is 0.311 e. The lowest BCUT2D eigenvalue weighted by Gasteiger charge is -2.11. The minimum atomic E-state index is -1.08. The zero-order valence-corrected chi connectivity index (χ0v) is 8.25. The van der Waals surface area contributed by atoms with Crippen LogP contribution in [0.1, 0.15) is 24.8 Å². The van der Waals surface area contributed by atoms with Crippen LogP contribution in [0, 0.1) is 10.1 Å². The van der Waals surface area contributed by atoms with E-state index in [1.165, 1.54) is 0 Å². The van der Waals surface area contributed by atoms with E-state index in [1.807, 2.05) is 6.07 Å². The molecule has 0 N–H and O–H groups in total. The van der Waals surface area contributed by atoms with Crippen LogP contribution >= 0.6 is 0 Å². The van der Waals surface area contributed by atoms with Gasteiger partial charge in [-0.1, -0.05) is 37.3 Å². The van der Waals surface area contributed by atoms with Gasteiger partial charge in [-0.05, 0) is 12.0 Å². The molecule has 1 rings (SSSR count). The molecule has 0 saturated carbocycles. The molecule has 1 aromatic carbocycles. The number of benzene rings is 1. The highest BCUT2D eigenvalue weighted by Gasteiger charge is 2.21. The molecule has 0 heterocycles. The Morgan fingerprint density at radius 2 is 2.07 bits per heavy atom. The van der Waals surface area contributed by atoms with Crippen LogP contribution in [0.3, 0.4) is 0 Å². The summed E-state index contributed by atoms with van der Waals surface area (Å²) in [5.74, 6) is -1.40. The Balaban J connectivity index is 2.80. The summed E-state index contributed by atoms with van der Waals surface area (Å²) in [7, 11) is 0. The Labute approximate surface area is 86.8 Å². The lowest BCUT2D eigenvalue weighted by Crippen LogP contribution is -2.18. The highest BCUT2D eigenvalue weighted by molar-refractivity contribution is 5.77. The van der Waals surface area contributed by atoms with E-state index in [-0.39, 0.29) is 0 Å². The van der Waals surface area contributed by atoms with Gasteiger partial charge in [0.05, 0.1) is 5.92 Å². The first-order valence-electron chi connectivity index (χ1n) is 4.56. The van der Waals surface area contributed by atoms with Gasteiger partial charge < -0.3 is 0 Å². The van der Waals surface area contributed by atoms with E-state index < -0.39 is 17.0 Å². The monoisotopic (exact) mass is 209 g/mol. The molecule has 0 saturated heterocycles. The van der Waals surface area contributed by atoms with Gasteiger partial charge in [0.25, 0.3) is 0 Å². The van der Waals surface area contributed by atoms with Crippen molar-refractivity contribution in [3.8, 4) is 0 Å². The van der Waals surface area contributed by atoms with Gasteiger partial charge in [0, 0.05) is 0 Å². The van der Waals surface area contributed by atoms with E-state index >= 15 is 0 Å². The summed E-state index contributed by atoms with van der Waals surface area (Å²) in [6.07, 6.45) is 0.469. The van der Waals surface area contributed by atoms with Crippen LogP contribution in [0.15, 0.2) is 30.3 Å². The predicted octanol–water partition coefficient (Wildman–Crippen LogP) is 1.92. The third-order valence-corrected chi connectivity index (χ3v) is 2.06. The molecular formula is C10H11NO4. The number of carbonyl (C=O) groups excluding carboxylic acids is 1. The third-order valence-electron chi connectivity index (χ3n) is 2.06. The van der Waals surface area contributed by atoms with Crippen molar-refractivity contribution in [3.63, 3.8) is 0 Å². The maximum absolute atomic E-state index is 11.3. The Morgan fingerprint density at radius 1 is 1.47 bits per heavy atom. The van der Waals surface area contributed by atoms with E-state index in [1.54, 1.807) is 31.2 Å². The lowest BCUT2D eigenvalue weighted by atomic mass is 9.97. The van der Waals surface area contributed by atoms with E-state index in [0.29, 0.717) is 6.42 Å². The van der Waals surface area contributed by atoms with Crippen LogP contribution < -0.4 is 0 Å². The second-order valence-corrected chi connectivity index (χ2v) is 3.01. The largest absolute Gasteiger partial charge is 0.311 e. The van der Waals surface area contributed by atoms with Gasteiger partial charge in [-0.3, -0.25) is 4.79 Å². The molecule has 1 aromatic rings. The van der Waals surface area contributed by atoms with Crippen LogP contribution in [0.25, 0.3) is 0 Å².